The first-order valence-corrected chi connectivity index (χ1v) is 6.87. The smallest absolute Gasteiger partial charge is 0.0126 e. The summed E-state index contributed by atoms with van der Waals surface area (Å²) in [6, 6.07) is 0. The monoisotopic (exact) mass is 228 g/mol. The standard InChI is InChI=1S/C17H24/c1-12(2)9-14-5-8-17-15(10-13(3)4)6-7-16(17)11-14/h6-8,11-13H,5,9-10H2,1-4H3. The Kier molecular flexibility index (Phi) is 3.71. The van der Waals surface area contributed by atoms with Gasteiger partial charge in [-0.2, -0.15) is 0 Å². The Hall–Kier alpha value is -1.04. The molecule has 0 radical (unpaired) electrons. The second-order valence-electron chi connectivity index (χ2n) is 6.13. The van der Waals surface area contributed by atoms with Gasteiger partial charge in [0.1, 0.15) is 0 Å². The van der Waals surface area contributed by atoms with Crippen molar-refractivity contribution in [3.63, 3.8) is 0 Å². The van der Waals surface area contributed by atoms with Crippen LogP contribution in [-0.4, -0.2) is 0 Å². The Balaban J connectivity index is 2.06. The summed E-state index contributed by atoms with van der Waals surface area (Å²) in [6.45, 7) is 9.18. The Morgan fingerprint density at radius 2 is 1.71 bits per heavy atom. The lowest BCUT2D eigenvalue weighted by Crippen LogP contribution is -2.00. The van der Waals surface area contributed by atoms with Crippen LogP contribution in [0, 0.1) is 11.8 Å². The molecule has 0 saturated carbocycles. The predicted octanol–water partition coefficient (Wildman–Crippen LogP) is 5.20. The molecular formula is C17H24. The van der Waals surface area contributed by atoms with Gasteiger partial charge in [0.25, 0.3) is 0 Å². The molecular weight excluding hydrogens is 204 g/mol. The van der Waals surface area contributed by atoms with Crippen LogP contribution < -0.4 is 0 Å². The van der Waals surface area contributed by atoms with Crippen LogP contribution in [0.2, 0.25) is 0 Å². The largest absolute Gasteiger partial charge is 0.0723 e. The second-order valence-corrected chi connectivity index (χ2v) is 6.13. The minimum absolute atomic E-state index is 0.746. The van der Waals surface area contributed by atoms with E-state index in [-0.39, 0.29) is 0 Å². The highest BCUT2D eigenvalue weighted by Crippen LogP contribution is 2.36. The van der Waals surface area contributed by atoms with Gasteiger partial charge < -0.3 is 0 Å². The van der Waals surface area contributed by atoms with Gasteiger partial charge in [0.15, 0.2) is 0 Å². The molecule has 0 aromatic rings. The summed E-state index contributed by atoms with van der Waals surface area (Å²) in [5.74, 6) is 1.51. The molecule has 92 valence electrons. The molecule has 0 spiro atoms. The third-order valence-corrected chi connectivity index (χ3v) is 3.35. The molecule has 0 bridgehead atoms. The Morgan fingerprint density at radius 1 is 1.00 bits per heavy atom. The van der Waals surface area contributed by atoms with Crippen LogP contribution in [0.25, 0.3) is 0 Å². The lowest BCUT2D eigenvalue weighted by atomic mass is 9.87. The topological polar surface area (TPSA) is 0 Å². The summed E-state index contributed by atoms with van der Waals surface area (Å²) in [5.41, 5.74) is 6.08. The number of allylic oxidation sites excluding steroid dienone is 8. The number of hydrogen-bond acceptors (Lipinski definition) is 0. The summed E-state index contributed by atoms with van der Waals surface area (Å²) in [6.07, 6.45) is 13.1. The lowest BCUT2D eigenvalue weighted by molar-refractivity contribution is 0.632. The first kappa shape index (κ1) is 12.4. The Morgan fingerprint density at radius 3 is 2.35 bits per heavy atom. The van der Waals surface area contributed by atoms with Crippen molar-refractivity contribution in [3.05, 3.63) is 46.6 Å². The predicted molar refractivity (Wildman–Crippen MR) is 75.9 cm³/mol. The molecule has 2 rings (SSSR count). The third-order valence-electron chi connectivity index (χ3n) is 3.35. The van der Waals surface area contributed by atoms with E-state index in [1.165, 1.54) is 29.6 Å². The number of rotatable bonds is 4. The molecule has 0 unspecified atom stereocenters. The van der Waals surface area contributed by atoms with Crippen molar-refractivity contribution >= 4 is 0 Å². The first-order valence-electron chi connectivity index (χ1n) is 6.87. The fraction of sp³-hybridized carbons (Fsp3) is 0.529. The maximum Gasteiger partial charge on any atom is -0.0126 e. The molecule has 0 aromatic heterocycles. The summed E-state index contributed by atoms with van der Waals surface area (Å²) < 4.78 is 0. The van der Waals surface area contributed by atoms with Crippen molar-refractivity contribution in [2.75, 3.05) is 0 Å². The maximum absolute atomic E-state index is 2.44. The maximum atomic E-state index is 2.44. The van der Waals surface area contributed by atoms with E-state index in [0.717, 1.165) is 18.3 Å². The summed E-state index contributed by atoms with van der Waals surface area (Å²) in [5, 5.41) is 0. The Labute approximate surface area is 106 Å². The summed E-state index contributed by atoms with van der Waals surface area (Å²) in [7, 11) is 0. The zero-order chi connectivity index (χ0) is 12.4. The van der Waals surface area contributed by atoms with E-state index >= 15 is 0 Å². The molecule has 17 heavy (non-hydrogen) atoms. The van der Waals surface area contributed by atoms with Crippen LogP contribution in [0.15, 0.2) is 46.6 Å². The molecule has 0 nitrogen and oxygen atoms in total. The van der Waals surface area contributed by atoms with Gasteiger partial charge in [-0.05, 0) is 47.8 Å². The SMILES string of the molecule is CC(C)CC1=CC2=CC=C(CC(C)C)C2=CC1. The van der Waals surface area contributed by atoms with Crippen LogP contribution in [0.5, 0.6) is 0 Å². The van der Waals surface area contributed by atoms with Gasteiger partial charge in [0.2, 0.25) is 0 Å². The quantitative estimate of drug-likeness (QED) is 0.620. The second kappa shape index (κ2) is 5.08. The van der Waals surface area contributed by atoms with Gasteiger partial charge in [-0.15, -0.1) is 0 Å². The molecule has 2 aliphatic carbocycles. The molecule has 0 heteroatoms. The average molecular weight is 228 g/mol. The van der Waals surface area contributed by atoms with E-state index in [1.54, 1.807) is 5.57 Å². The molecule has 0 saturated heterocycles. The minimum Gasteiger partial charge on any atom is -0.0723 e. The highest BCUT2D eigenvalue weighted by molar-refractivity contribution is 5.62. The third kappa shape index (κ3) is 3.00. The van der Waals surface area contributed by atoms with Crippen LogP contribution in [-0.2, 0) is 0 Å². The number of hydrogen-bond donors (Lipinski definition) is 0. The van der Waals surface area contributed by atoms with Crippen molar-refractivity contribution < 1.29 is 0 Å². The normalized spacial score (nSPS) is 18.9. The van der Waals surface area contributed by atoms with Crippen LogP contribution in [0.3, 0.4) is 0 Å². The fourth-order valence-electron chi connectivity index (χ4n) is 2.73. The molecule has 0 heterocycles. The van der Waals surface area contributed by atoms with Crippen LogP contribution >= 0.6 is 0 Å². The van der Waals surface area contributed by atoms with Gasteiger partial charge in [-0.25, -0.2) is 0 Å². The van der Waals surface area contributed by atoms with Gasteiger partial charge in [-0.1, -0.05) is 57.6 Å². The average Bonchev–Trinajstić information content (AvgIpc) is 2.59. The van der Waals surface area contributed by atoms with E-state index in [4.69, 9.17) is 0 Å². The molecule has 2 aliphatic rings. The van der Waals surface area contributed by atoms with Crippen LogP contribution in [0.4, 0.5) is 0 Å². The van der Waals surface area contributed by atoms with E-state index < -0.39 is 0 Å². The fourth-order valence-corrected chi connectivity index (χ4v) is 2.73. The van der Waals surface area contributed by atoms with E-state index in [1.807, 2.05) is 0 Å². The van der Waals surface area contributed by atoms with Crippen molar-refractivity contribution in [2.24, 2.45) is 11.8 Å². The number of fused-ring (bicyclic) bond motifs is 1. The van der Waals surface area contributed by atoms with Crippen LogP contribution in [0.1, 0.15) is 47.0 Å². The van der Waals surface area contributed by atoms with Crippen molar-refractivity contribution in [1.82, 2.24) is 0 Å². The first-order chi connectivity index (χ1) is 8.06. The van der Waals surface area contributed by atoms with E-state index in [0.29, 0.717) is 0 Å². The van der Waals surface area contributed by atoms with Gasteiger partial charge in [0, 0.05) is 0 Å². The highest BCUT2D eigenvalue weighted by Gasteiger charge is 2.18. The molecule has 0 aromatic carbocycles. The summed E-state index contributed by atoms with van der Waals surface area (Å²) >= 11 is 0. The van der Waals surface area contributed by atoms with E-state index in [2.05, 4.69) is 52.0 Å². The van der Waals surface area contributed by atoms with Gasteiger partial charge in [-0.3, -0.25) is 0 Å². The molecule has 0 atom stereocenters. The summed E-state index contributed by atoms with van der Waals surface area (Å²) in [4.78, 5) is 0. The lowest BCUT2D eigenvalue weighted by Gasteiger charge is -2.18. The molecule has 0 amide bonds. The molecule has 0 fully saturated rings. The molecule has 0 N–H and O–H groups in total. The van der Waals surface area contributed by atoms with Gasteiger partial charge in [0.05, 0.1) is 0 Å². The van der Waals surface area contributed by atoms with Crippen molar-refractivity contribution in [3.8, 4) is 0 Å². The molecule has 0 aliphatic heterocycles. The van der Waals surface area contributed by atoms with Gasteiger partial charge >= 0.3 is 0 Å². The van der Waals surface area contributed by atoms with E-state index in [9.17, 15) is 0 Å². The minimum atomic E-state index is 0.746. The van der Waals surface area contributed by atoms with Crippen molar-refractivity contribution in [1.29, 1.82) is 0 Å². The van der Waals surface area contributed by atoms with Crippen molar-refractivity contribution in [2.45, 2.75) is 47.0 Å². The Bertz CT molecular complexity index is 411. The highest BCUT2D eigenvalue weighted by atomic mass is 14.2. The zero-order valence-electron chi connectivity index (χ0n) is 11.6. The zero-order valence-corrected chi connectivity index (χ0v) is 11.6.